The van der Waals surface area contributed by atoms with Crippen LogP contribution in [0, 0.1) is 19.8 Å². The minimum atomic E-state index is -0.200. The van der Waals surface area contributed by atoms with Crippen molar-refractivity contribution >= 4 is 22.5 Å². The van der Waals surface area contributed by atoms with Gasteiger partial charge in [-0.2, -0.15) is 0 Å². The monoisotopic (exact) mass is 421 g/mol. The number of hydrogen-bond donors (Lipinski definition) is 2. The molecule has 1 unspecified atom stereocenters. The minimum absolute atomic E-state index is 0.160. The molecule has 0 radical (unpaired) electrons. The second-order valence-electron chi connectivity index (χ2n) is 8.09. The van der Waals surface area contributed by atoms with E-state index in [2.05, 4.69) is 10.3 Å². The van der Waals surface area contributed by atoms with E-state index in [1.54, 1.807) is 18.2 Å². The van der Waals surface area contributed by atoms with Gasteiger partial charge >= 0.3 is 0 Å². The number of aromatic nitrogens is 1. The Bertz CT molecular complexity index is 1140. The van der Waals surface area contributed by atoms with Crippen LogP contribution in [-0.4, -0.2) is 30.3 Å². The lowest BCUT2D eigenvalue weighted by Crippen LogP contribution is -2.42. The highest BCUT2D eigenvalue weighted by Gasteiger charge is 2.21. The molecule has 1 aliphatic heterocycles. The second kappa shape index (κ2) is 8.34. The van der Waals surface area contributed by atoms with Gasteiger partial charge in [-0.05, 0) is 55.7 Å². The molecule has 3 aromatic rings. The number of nitrogens with one attached hydrogen (secondary N) is 1. The number of pyridine rings is 1. The number of ether oxygens (including phenoxy) is 3. The van der Waals surface area contributed by atoms with Crippen LogP contribution in [-0.2, 0) is 0 Å². The molecule has 0 saturated heterocycles. The molecule has 2 heterocycles. The molecule has 7 nitrogen and oxygen atoms in total. The van der Waals surface area contributed by atoms with Crippen molar-refractivity contribution in [1.29, 1.82) is 0 Å². The summed E-state index contributed by atoms with van der Waals surface area (Å²) >= 11 is 0. The van der Waals surface area contributed by atoms with Gasteiger partial charge in [0.25, 0.3) is 5.91 Å². The van der Waals surface area contributed by atoms with Crippen molar-refractivity contribution < 1.29 is 19.0 Å². The molecule has 1 aliphatic rings. The summed E-state index contributed by atoms with van der Waals surface area (Å²) in [5, 5.41) is 3.87. The lowest BCUT2D eigenvalue weighted by Gasteiger charge is -2.23. The van der Waals surface area contributed by atoms with Crippen LogP contribution >= 0.6 is 0 Å². The quantitative estimate of drug-likeness (QED) is 0.625. The van der Waals surface area contributed by atoms with E-state index >= 15 is 0 Å². The molecular formula is C24H27N3O4. The van der Waals surface area contributed by atoms with E-state index in [9.17, 15) is 4.79 Å². The maximum atomic E-state index is 12.8. The maximum Gasteiger partial charge on any atom is 0.251 e. The summed E-state index contributed by atoms with van der Waals surface area (Å²) in [7, 11) is 0. The molecule has 0 bridgehead atoms. The molecule has 7 heteroatoms. The van der Waals surface area contributed by atoms with Gasteiger partial charge in [-0.15, -0.1) is 0 Å². The van der Waals surface area contributed by atoms with E-state index in [4.69, 9.17) is 19.9 Å². The average molecular weight is 421 g/mol. The third kappa shape index (κ3) is 4.08. The zero-order valence-electron chi connectivity index (χ0n) is 18.2. The number of anilines is 1. The summed E-state index contributed by atoms with van der Waals surface area (Å²) in [5.41, 5.74) is 10.2. The van der Waals surface area contributed by atoms with Gasteiger partial charge in [0, 0.05) is 16.9 Å². The van der Waals surface area contributed by atoms with E-state index in [1.165, 1.54) is 0 Å². The van der Waals surface area contributed by atoms with Crippen molar-refractivity contribution in [2.24, 2.45) is 5.92 Å². The molecule has 2 aromatic carbocycles. The standard InChI is InChI=1S/C24H27N3O4/c1-13(2)18(27-24(28)16-8-9-19-21(10-16)31-12-30-19)11-29-20-7-5-6-17-22(20)23(25)14(3)15(4)26-17/h5-10,13,18H,11-12H2,1-4H3,(H2,25,26)(H,27,28). The zero-order valence-corrected chi connectivity index (χ0v) is 18.2. The van der Waals surface area contributed by atoms with Crippen LogP contribution in [0.5, 0.6) is 17.2 Å². The molecule has 162 valence electrons. The summed E-state index contributed by atoms with van der Waals surface area (Å²) in [6.07, 6.45) is 0. The van der Waals surface area contributed by atoms with E-state index in [-0.39, 0.29) is 24.7 Å². The molecular weight excluding hydrogens is 394 g/mol. The van der Waals surface area contributed by atoms with Crippen LogP contribution < -0.4 is 25.3 Å². The van der Waals surface area contributed by atoms with Crippen LogP contribution in [0.3, 0.4) is 0 Å². The minimum Gasteiger partial charge on any atom is -0.491 e. The molecule has 31 heavy (non-hydrogen) atoms. The highest BCUT2D eigenvalue weighted by Crippen LogP contribution is 2.34. The Hall–Kier alpha value is -3.48. The molecule has 0 spiro atoms. The molecule has 0 saturated carbocycles. The Labute approximate surface area is 181 Å². The van der Waals surface area contributed by atoms with Gasteiger partial charge < -0.3 is 25.3 Å². The topological polar surface area (TPSA) is 95.7 Å². The first-order chi connectivity index (χ1) is 14.8. The molecule has 0 aliphatic carbocycles. The first-order valence-electron chi connectivity index (χ1n) is 10.3. The van der Waals surface area contributed by atoms with Gasteiger partial charge in [-0.25, -0.2) is 0 Å². The fourth-order valence-corrected chi connectivity index (χ4v) is 3.52. The maximum absolute atomic E-state index is 12.8. The number of benzene rings is 2. The molecule has 0 fully saturated rings. The number of nitrogen functional groups attached to an aromatic ring is 1. The van der Waals surface area contributed by atoms with Crippen LogP contribution in [0.1, 0.15) is 35.5 Å². The highest BCUT2D eigenvalue weighted by atomic mass is 16.7. The number of aryl methyl sites for hydroxylation is 1. The van der Waals surface area contributed by atoms with Crippen molar-refractivity contribution in [3.8, 4) is 17.2 Å². The molecule has 1 aromatic heterocycles. The van der Waals surface area contributed by atoms with Crippen LogP contribution in [0.2, 0.25) is 0 Å². The highest BCUT2D eigenvalue weighted by molar-refractivity contribution is 5.97. The van der Waals surface area contributed by atoms with Crippen molar-refractivity contribution in [3.63, 3.8) is 0 Å². The zero-order chi connectivity index (χ0) is 22.1. The van der Waals surface area contributed by atoms with E-state index < -0.39 is 0 Å². The third-order valence-electron chi connectivity index (χ3n) is 5.68. The summed E-state index contributed by atoms with van der Waals surface area (Å²) in [5.74, 6) is 1.86. The lowest BCUT2D eigenvalue weighted by molar-refractivity contribution is 0.0904. The third-order valence-corrected chi connectivity index (χ3v) is 5.68. The fraction of sp³-hybridized carbons (Fsp3) is 0.333. The Morgan fingerprint density at radius 1 is 1.19 bits per heavy atom. The summed E-state index contributed by atoms with van der Waals surface area (Å²) < 4.78 is 16.8. The Morgan fingerprint density at radius 2 is 1.97 bits per heavy atom. The number of carbonyl (C=O) groups excluding carboxylic acids is 1. The average Bonchev–Trinajstić information content (AvgIpc) is 3.22. The SMILES string of the molecule is Cc1nc2cccc(OCC(NC(=O)c3ccc4c(c3)OCO4)C(C)C)c2c(N)c1C. The molecule has 3 N–H and O–H groups in total. The van der Waals surface area contributed by atoms with Gasteiger partial charge in [-0.1, -0.05) is 19.9 Å². The summed E-state index contributed by atoms with van der Waals surface area (Å²) in [6, 6.07) is 10.7. The van der Waals surface area contributed by atoms with Gasteiger partial charge in [0.05, 0.1) is 16.9 Å². The van der Waals surface area contributed by atoms with E-state index in [0.717, 1.165) is 22.2 Å². The second-order valence-corrected chi connectivity index (χ2v) is 8.09. The number of nitrogens with zero attached hydrogens (tertiary/aromatic N) is 1. The van der Waals surface area contributed by atoms with Crippen molar-refractivity contribution in [1.82, 2.24) is 10.3 Å². The predicted octanol–water partition coefficient (Wildman–Crippen LogP) is 4.00. The van der Waals surface area contributed by atoms with E-state index in [0.29, 0.717) is 35.1 Å². The number of fused-ring (bicyclic) bond motifs is 2. The predicted molar refractivity (Wildman–Crippen MR) is 120 cm³/mol. The lowest BCUT2D eigenvalue weighted by atomic mass is 10.0. The van der Waals surface area contributed by atoms with Crippen molar-refractivity contribution in [2.75, 3.05) is 19.1 Å². The first-order valence-corrected chi connectivity index (χ1v) is 10.3. The van der Waals surface area contributed by atoms with Gasteiger partial charge in [0.1, 0.15) is 12.4 Å². The van der Waals surface area contributed by atoms with Crippen LogP contribution in [0.25, 0.3) is 10.9 Å². The van der Waals surface area contributed by atoms with E-state index in [1.807, 2.05) is 45.9 Å². The molecule has 4 rings (SSSR count). The summed E-state index contributed by atoms with van der Waals surface area (Å²) in [6.45, 7) is 8.46. The molecule has 1 atom stereocenters. The number of carbonyl (C=O) groups is 1. The van der Waals surface area contributed by atoms with Crippen molar-refractivity contribution in [3.05, 3.63) is 53.2 Å². The number of amides is 1. The summed E-state index contributed by atoms with van der Waals surface area (Å²) in [4.78, 5) is 17.4. The molecule has 1 amide bonds. The van der Waals surface area contributed by atoms with Gasteiger partial charge in [-0.3, -0.25) is 9.78 Å². The fourth-order valence-electron chi connectivity index (χ4n) is 3.52. The number of hydrogen-bond acceptors (Lipinski definition) is 6. The van der Waals surface area contributed by atoms with Crippen LogP contribution in [0.4, 0.5) is 5.69 Å². The largest absolute Gasteiger partial charge is 0.491 e. The Morgan fingerprint density at radius 3 is 2.74 bits per heavy atom. The van der Waals surface area contributed by atoms with Crippen molar-refractivity contribution in [2.45, 2.75) is 33.7 Å². The van der Waals surface area contributed by atoms with Gasteiger partial charge in [0.2, 0.25) is 6.79 Å². The van der Waals surface area contributed by atoms with Gasteiger partial charge in [0.15, 0.2) is 11.5 Å². The van der Waals surface area contributed by atoms with Crippen LogP contribution in [0.15, 0.2) is 36.4 Å². The smallest absolute Gasteiger partial charge is 0.251 e. The Balaban J connectivity index is 1.52. The normalized spacial score (nSPS) is 13.5. The first kappa shape index (κ1) is 20.8. The number of nitrogens with two attached hydrogens (primary N) is 1. The Kier molecular flexibility index (Phi) is 5.59. The number of rotatable bonds is 6.